The van der Waals surface area contributed by atoms with Crippen LogP contribution in [0.25, 0.3) is 0 Å². The summed E-state index contributed by atoms with van der Waals surface area (Å²) in [5.41, 5.74) is 2.94. The summed E-state index contributed by atoms with van der Waals surface area (Å²) < 4.78 is 10.9. The van der Waals surface area contributed by atoms with Gasteiger partial charge in [-0.25, -0.2) is 4.79 Å². The Morgan fingerprint density at radius 2 is 1.78 bits per heavy atom. The molecule has 1 aliphatic rings. The number of rotatable bonds is 6. The molecule has 3 heteroatoms. The quantitative estimate of drug-likeness (QED) is 0.564. The molecule has 1 aliphatic carbocycles. The first-order valence-electron chi connectivity index (χ1n) is 8.54. The van der Waals surface area contributed by atoms with E-state index in [0.29, 0.717) is 18.4 Å². The second kappa shape index (κ2) is 8.19. The Bertz CT molecular complexity index is 549. The van der Waals surface area contributed by atoms with E-state index in [1.165, 1.54) is 20.0 Å². The van der Waals surface area contributed by atoms with E-state index in [4.69, 9.17) is 9.47 Å². The van der Waals surface area contributed by atoms with Gasteiger partial charge in [-0.15, -0.1) is 0 Å². The summed E-state index contributed by atoms with van der Waals surface area (Å²) in [5.74, 6) is 1.02. The Hall–Kier alpha value is -1.77. The Morgan fingerprint density at radius 1 is 1.17 bits per heavy atom. The molecule has 2 rings (SSSR count). The number of methoxy groups -OCH3 is 1. The maximum atomic E-state index is 12.1. The van der Waals surface area contributed by atoms with Crippen molar-refractivity contribution in [3.05, 3.63) is 41.0 Å². The summed E-state index contributed by atoms with van der Waals surface area (Å²) in [6.07, 6.45) is 5.82. The highest BCUT2D eigenvalue weighted by Gasteiger charge is 2.18. The summed E-state index contributed by atoms with van der Waals surface area (Å²) >= 11 is 0. The van der Waals surface area contributed by atoms with Crippen LogP contribution in [-0.2, 0) is 16.0 Å². The average Bonchev–Trinajstić information content (AvgIpc) is 3.05. The van der Waals surface area contributed by atoms with Crippen molar-refractivity contribution < 1.29 is 14.3 Å². The molecule has 1 fully saturated rings. The molecular weight excluding hydrogens is 288 g/mol. The Labute approximate surface area is 139 Å². The second-order valence-electron chi connectivity index (χ2n) is 6.65. The molecule has 0 heterocycles. The third-order valence-corrected chi connectivity index (χ3v) is 4.68. The molecule has 0 saturated heterocycles. The number of allylic oxidation sites excluding steroid dienone is 1. The molecule has 3 nitrogen and oxygen atoms in total. The lowest BCUT2D eigenvalue weighted by Crippen LogP contribution is -2.12. The van der Waals surface area contributed by atoms with Crippen molar-refractivity contribution in [2.24, 2.45) is 5.92 Å². The van der Waals surface area contributed by atoms with Crippen LogP contribution in [0.1, 0.15) is 52.0 Å². The van der Waals surface area contributed by atoms with Crippen LogP contribution < -0.4 is 4.74 Å². The number of carbonyl (C=O) groups is 1. The number of hydrogen-bond donors (Lipinski definition) is 0. The van der Waals surface area contributed by atoms with Crippen LogP contribution in [-0.4, -0.2) is 19.2 Å². The summed E-state index contributed by atoms with van der Waals surface area (Å²) in [7, 11) is 1.44. The van der Waals surface area contributed by atoms with Crippen molar-refractivity contribution in [2.45, 2.75) is 59.0 Å². The molecule has 126 valence electrons. The van der Waals surface area contributed by atoms with E-state index in [0.717, 1.165) is 35.3 Å². The lowest BCUT2D eigenvalue weighted by atomic mass is 9.94. The van der Waals surface area contributed by atoms with E-state index in [1.807, 2.05) is 31.2 Å². The van der Waals surface area contributed by atoms with Gasteiger partial charge in [-0.2, -0.15) is 0 Å². The van der Waals surface area contributed by atoms with Gasteiger partial charge in [-0.3, -0.25) is 0 Å². The standard InChI is InChI=1S/C20H28O3/c1-14(2)15(3)19(20(21)22-4)13-16-9-11-18(12-10-16)23-17-7-5-6-8-17/h9-12,14,17H,5-8,13H2,1-4H3/b19-15+. The zero-order chi connectivity index (χ0) is 16.8. The first-order valence-corrected chi connectivity index (χ1v) is 8.54. The zero-order valence-corrected chi connectivity index (χ0v) is 14.7. The fraction of sp³-hybridized carbons (Fsp3) is 0.550. The van der Waals surface area contributed by atoms with Gasteiger partial charge >= 0.3 is 5.97 Å². The van der Waals surface area contributed by atoms with E-state index in [2.05, 4.69) is 13.8 Å². The van der Waals surface area contributed by atoms with Crippen LogP contribution >= 0.6 is 0 Å². The number of esters is 1. The molecule has 0 bridgehead atoms. The maximum absolute atomic E-state index is 12.1. The Morgan fingerprint density at radius 3 is 2.30 bits per heavy atom. The van der Waals surface area contributed by atoms with Gasteiger partial charge in [0.2, 0.25) is 0 Å². The van der Waals surface area contributed by atoms with Crippen LogP contribution in [0, 0.1) is 5.92 Å². The molecule has 0 unspecified atom stereocenters. The second-order valence-corrected chi connectivity index (χ2v) is 6.65. The minimum absolute atomic E-state index is 0.234. The topological polar surface area (TPSA) is 35.5 Å². The molecular formula is C20H28O3. The van der Waals surface area contributed by atoms with E-state index in [9.17, 15) is 4.79 Å². The van der Waals surface area contributed by atoms with Crippen molar-refractivity contribution in [1.29, 1.82) is 0 Å². The van der Waals surface area contributed by atoms with Crippen molar-refractivity contribution in [2.75, 3.05) is 7.11 Å². The van der Waals surface area contributed by atoms with Gasteiger partial charge in [0.1, 0.15) is 5.75 Å². The molecule has 0 spiro atoms. The first-order chi connectivity index (χ1) is 11.0. The largest absolute Gasteiger partial charge is 0.490 e. The normalized spacial score (nSPS) is 16.4. The third kappa shape index (κ3) is 4.85. The monoisotopic (exact) mass is 316 g/mol. The summed E-state index contributed by atoms with van der Waals surface area (Å²) in [4.78, 5) is 12.1. The first kappa shape index (κ1) is 17.6. The SMILES string of the molecule is COC(=O)/C(Cc1ccc(OC2CCCC2)cc1)=C(\C)C(C)C. The molecule has 0 N–H and O–H groups in total. The predicted octanol–water partition coefficient (Wildman–Crippen LogP) is 4.70. The predicted molar refractivity (Wildman–Crippen MR) is 92.6 cm³/mol. The van der Waals surface area contributed by atoms with Crippen LogP contribution in [0.5, 0.6) is 5.75 Å². The molecule has 23 heavy (non-hydrogen) atoms. The lowest BCUT2D eigenvalue weighted by Gasteiger charge is -2.15. The van der Waals surface area contributed by atoms with Gasteiger partial charge in [0.25, 0.3) is 0 Å². The Balaban J connectivity index is 2.08. The van der Waals surface area contributed by atoms with Crippen molar-refractivity contribution in [1.82, 2.24) is 0 Å². The van der Waals surface area contributed by atoms with Gasteiger partial charge < -0.3 is 9.47 Å². The van der Waals surface area contributed by atoms with Gasteiger partial charge in [-0.1, -0.05) is 31.6 Å². The van der Waals surface area contributed by atoms with E-state index in [-0.39, 0.29) is 5.97 Å². The van der Waals surface area contributed by atoms with Crippen LogP contribution in [0.3, 0.4) is 0 Å². The number of ether oxygens (including phenoxy) is 2. The number of benzene rings is 1. The average molecular weight is 316 g/mol. The summed E-state index contributed by atoms with van der Waals surface area (Å²) in [6.45, 7) is 6.20. The fourth-order valence-electron chi connectivity index (χ4n) is 2.93. The summed E-state index contributed by atoms with van der Waals surface area (Å²) in [6, 6.07) is 8.10. The number of carbonyl (C=O) groups excluding carboxylic acids is 1. The highest BCUT2D eigenvalue weighted by molar-refractivity contribution is 5.89. The van der Waals surface area contributed by atoms with Crippen LogP contribution in [0.15, 0.2) is 35.4 Å². The molecule has 0 amide bonds. The molecule has 0 aromatic heterocycles. The summed E-state index contributed by atoms with van der Waals surface area (Å²) in [5, 5.41) is 0. The molecule has 0 radical (unpaired) electrons. The highest BCUT2D eigenvalue weighted by atomic mass is 16.5. The van der Waals surface area contributed by atoms with Gasteiger partial charge in [-0.05, 0) is 56.2 Å². The van der Waals surface area contributed by atoms with E-state index < -0.39 is 0 Å². The molecule has 1 saturated carbocycles. The molecule has 0 atom stereocenters. The molecule has 1 aromatic carbocycles. The van der Waals surface area contributed by atoms with E-state index >= 15 is 0 Å². The zero-order valence-electron chi connectivity index (χ0n) is 14.7. The highest BCUT2D eigenvalue weighted by Crippen LogP contribution is 2.25. The van der Waals surface area contributed by atoms with Gasteiger partial charge in [0.15, 0.2) is 0 Å². The van der Waals surface area contributed by atoms with Gasteiger partial charge in [0, 0.05) is 12.0 Å². The number of hydrogen-bond acceptors (Lipinski definition) is 3. The van der Waals surface area contributed by atoms with Crippen molar-refractivity contribution in [3.63, 3.8) is 0 Å². The molecule has 1 aromatic rings. The van der Waals surface area contributed by atoms with Crippen molar-refractivity contribution in [3.8, 4) is 5.75 Å². The smallest absolute Gasteiger partial charge is 0.334 e. The maximum Gasteiger partial charge on any atom is 0.334 e. The molecule has 0 aliphatic heterocycles. The minimum Gasteiger partial charge on any atom is -0.490 e. The lowest BCUT2D eigenvalue weighted by molar-refractivity contribution is -0.136. The Kier molecular flexibility index (Phi) is 6.26. The van der Waals surface area contributed by atoms with Crippen LogP contribution in [0.4, 0.5) is 0 Å². The fourth-order valence-corrected chi connectivity index (χ4v) is 2.93. The third-order valence-electron chi connectivity index (χ3n) is 4.68. The van der Waals surface area contributed by atoms with Crippen LogP contribution in [0.2, 0.25) is 0 Å². The van der Waals surface area contributed by atoms with Gasteiger partial charge in [0.05, 0.1) is 13.2 Å². The van der Waals surface area contributed by atoms with Crippen molar-refractivity contribution >= 4 is 5.97 Å². The minimum atomic E-state index is -0.234. The van der Waals surface area contributed by atoms with E-state index in [1.54, 1.807) is 0 Å².